The number of benzene rings is 2. The zero-order valence-electron chi connectivity index (χ0n) is 18.8. The summed E-state index contributed by atoms with van der Waals surface area (Å²) < 4.78 is 1.24. The summed E-state index contributed by atoms with van der Waals surface area (Å²) in [4.78, 5) is 53.0. The molecule has 1 aromatic heterocycles. The third-order valence-corrected chi connectivity index (χ3v) is 6.09. The van der Waals surface area contributed by atoms with Crippen LogP contribution in [0.25, 0.3) is 0 Å². The first-order chi connectivity index (χ1) is 15.7. The lowest BCUT2D eigenvalue weighted by atomic mass is 10.1. The quantitative estimate of drug-likeness (QED) is 0.314. The van der Waals surface area contributed by atoms with Gasteiger partial charge in [-0.25, -0.2) is 4.98 Å². The van der Waals surface area contributed by atoms with Crippen LogP contribution in [0.5, 0.6) is 0 Å². The molecule has 3 rings (SSSR count). The van der Waals surface area contributed by atoms with Gasteiger partial charge in [-0.05, 0) is 68.3 Å². The predicted molar refractivity (Wildman–Crippen MR) is 129 cm³/mol. The minimum Gasteiger partial charge on any atom is -0.325 e. The van der Waals surface area contributed by atoms with Gasteiger partial charge in [-0.1, -0.05) is 17.8 Å². The number of rotatable bonds is 7. The number of anilines is 2. The summed E-state index contributed by atoms with van der Waals surface area (Å²) >= 11 is 1.08. The molecular formula is C24H24N4O4S. The van der Waals surface area contributed by atoms with E-state index in [9.17, 15) is 19.2 Å². The molecule has 0 aliphatic heterocycles. The molecule has 0 bridgehead atoms. The van der Waals surface area contributed by atoms with Gasteiger partial charge in [0.05, 0.1) is 5.75 Å². The van der Waals surface area contributed by atoms with Crippen LogP contribution in [0.2, 0.25) is 0 Å². The molecule has 1 heterocycles. The first-order valence-corrected chi connectivity index (χ1v) is 11.1. The van der Waals surface area contributed by atoms with E-state index in [1.807, 2.05) is 26.0 Å². The van der Waals surface area contributed by atoms with E-state index in [0.717, 1.165) is 22.9 Å². The highest BCUT2D eigenvalue weighted by molar-refractivity contribution is 7.99. The Kier molecular flexibility index (Phi) is 7.44. The van der Waals surface area contributed by atoms with Crippen molar-refractivity contribution in [1.29, 1.82) is 0 Å². The van der Waals surface area contributed by atoms with E-state index >= 15 is 0 Å². The van der Waals surface area contributed by atoms with Gasteiger partial charge in [-0.3, -0.25) is 23.7 Å². The Bertz CT molecular complexity index is 1280. The van der Waals surface area contributed by atoms with Gasteiger partial charge in [0, 0.05) is 30.2 Å². The monoisotopic (exact) mass is 464 g/mol. The molecule has 0 atom stereocenters. The lowest BCUT2D eigenvalue weighted by Gasteiger charge is -2.10. The van der Waals surface area contributed by atoms with Crippen LogP contribution in [0.1, 0.15) is 38.8 Å². The van der Waals surface area contributed by atoms with Crippen molar-refractivity contribution in [3.8, 4) is 0 Å². The molecule has 8 nitrogen and oxygen atoms in total. The van der Waals surface area contributed by atoms with E-state index in [-0.39, 0.29) is 23.0 Å². The fourth-order valence-electron chi connectivity index (χ4n) is 2.95. The fraction of sp³-hybridized carbons (Fsp3) is 0.208. The van der Waals surface area contributed by atoms with Crippen molar-refractivity contribution >= 4 is 40.7 Å². The Morgan fingerprint density at radius 1 is 0.970 bits per heavy atom. The molecule has 0 unspecified atom stereocenters. The van der Waals surface area contributed by atoms with Crippen molar-refractivity contribution in [3.05, 3.63) is 81.3 Å². The number of amides is 2. The highest BCUT2D eigenvalue weighted by Crippen LogP contribution is 2.17. The van der Waals surface area contributed by atoms with Crippen molar-refractivity contribution in [2.24, 2.45) is 7.05 Å². The molecule has 170 valence electrons. The molecule has 3 aromatic rings. The van der Waals surface area contributed by atoms with Crippen molar-refractivity contribution in [2.75, 3.05) is 16.4 Å². The second kappa shape index (κ2) is 10.3. The normalized spacial score (nSPS) is 10.5. The minimum atomic E-state index is -0.547. The number of hydrogen-bond donors (Lipinski definition) is 2. The molecule has 0 aliphatic carbocycles. The van der Waals surface area contributed by atoms with Crippen LogP contribution in [0.3, 0.4) is 0 Å². The van der Waals surface area contributed by atoms with Gasteiger partial charge in [0.15, 0.2) is 10.9 Å². The van der Waals surface area contributed by atoms with Crippen molar-refractivity contribution in [3.63, 3.8) is 0 Å². The number of ketones is 1. The third kappa shape index (κ3) is 5.95. The van der Waals surface area contributed by atoms with Gasteiger partial charge < -0.3 is 10.6 Å². The fourth-order valence-corrected chi connectivity index (χ4v) is 3.69. The molecule has 0 fully saturated rings. The Morgan fingerprint density at radius 2 is 1.64 bits per heavy atom. The van der Waals surface area contributed by atoms with Gasteiger partial charge in [-0.2, -0.15) is 0 Å². The zero-order valence-corrected chi connectivity index (χ0v) is 19.6. The summed E-state index contributed by atoms with van der Waals surface area (Å²) in [6.45, 7) is 5.39. The molecule has 0 saturated heterocycles. The molecule has 2 amide bonds. The summed E-state index contributed by atoms with van der Waals surface area (Å²) in [5.41, 5.74) is 3.25. The summed E-state index contributed by atoms with van der Waals surface area (Å²) in [6.07, 6.45) is 1.22. The van der Waals surface area contributed by atoms with E-state index in [1.165, 1.54) is 24.7 Å². The highest BCUT2D eigenvalue weighted by atomic mass is 32.2. The first kappa shape index (κ1) is 23.9. The predicted octanol–water partition coefficient (Wildman–Crippen LogP) is 3.58. The average Bonchev–Trinajstić information content (AvgIpc) is 2.77. The first-order valence-electron chi connectivity index (χ1n) is 10.1. The topological polar surface area (TPSA) is 110 Å². The van der Waals surface area contributed by atoms with Crippen molar-refractivity contribution in [2.45, 2.75) is 25.9 Å². The van der Waals surface area contributed by atoms with E-state index in [2.05, 4.69) is 15.6 Å². The number of Topliss-reactive ketones (excluding diaryl/α,β-unsaturated/α-hetero) is 1. The molecule has 2 N–H and O–H groups in total. The maximum absolute atomic E-state index is 12.7. The van der Waals surface area contributed by atoms with E-state index in [4.69, 9.17) is 0 Å². The summed E-state index contributed by atoms with van der Waals surface area (Å²) in [7, 11) is 1.50. The number of hydrogen-bond acceptors (Lipinski definition) is 6. The lowest BCUT2D eigenvalue weighted by Crippen LogP contribution is -2.29. The Labute approximate surface area is 195 Å². The van der Waals surface area contributed by atoms with Crippen LogP contribution < -0.4 is 16.2 Å². The van der Waals surface area contributed by atoms with Gasteiger partial charge in [0.25, 0.3) is 11.5 Å². The molecule has 33 heavy (non-hydrogen) atoms. The molecule has 0 spiro atoms. The van der Waals surface area contributed by atoms with E-state index < -0.39 is 11.5 Å². The molecule has 0 radical (unpaired) electrons. The lowest BCUT2D eigenvalue weighted by molar-refractivity contribution is -0.113. The molecular weight excluding hydrogens is 440 g/mol. The van der Waals surface area contributed by atoms with Crippen LogP contribution >= 0.6 is 11.8 Å². The SMILES string of the molecule is CC(=O)c1ccc(NC(=O)CSc2ncc(C(=O)Nc3ccc(C)c(C)c3)c(=O)n2C)cc1. The minimum absolute atomic E-state index is 0.0168. The Morgan fingerprint density at radius 3 is 2.27 bits per heavy atom. The van der Waals surface area contributed by atoms with E-state index in [1.54, 1.807) is 30.3 Å². The Balaban J connectivity index is 1.64. The van der Waals surface area contributed by atoms with Crippen LogP contribution in [0.4, 0.5) is 11.4 Å². The number of carbonyl (C=O) groups excluding carboxylic acids is 3. The smallest absolute Gasteiger partial charge is 0.266 e. The summed E-state index contributed by atoms with van der Waals surface area (Å²) in [5.74, 6) is -0.874. The number of carbonyl (C=O) groups is 3. The van der Waals surface area contributed by atoms with Crippen molar-refractivity contribution in [1.82, 2.24) is 9.55 Å². The van der Waals surface area contributed by atoms with Gasteiger partial charge in [0.2, 0.25) is 5.91 Å². The van der Waals surface area contributed by atoms with E-state index in [0.29, 0.717) is 22.1 Å². The molecule has 9 heteroatoms. The van der Waals surface area contributed by atoms with Crippen molar-refractivity contribution < 1.29 is 14.4 Å². The maximum atomic E-state index is 12.7. The molecule has 0 aliphatic rings. The van der Waals surface area contributed by atoms with Crippen LogP contribution in [0, 0.1) is 13.8 Å². The third-order valence-electron chi connectivity index (χ3n) is 5.04. The Hall–Kier alpha value is -3.72. The largest absolute Gasteiger partial charge is 0.325 e. The second-order valence-corrected chi connectivity index (χ2v) is 8.48. The van der Waals surface area contributed by atoms with Crippen LogP contribution in [-0.4, -0.2) is 32.9 Å². The number of aryl methyl sites for hydroxylation is 2. The maximum Gasteiger partial charge on any atom is 0.266 e. The highest BCUT2D eigenvalue weighted by Gasteiger charge is 2.16. The van der Waals surface area contributed by atoms with Gasteiger partial charge >= 0.3 is 0 Å². The number of thioether (sulfide) groups is 1. The summed E-state index contributed by atoms with van der Waals surface area (Å²) in [6, 6.07) is 12.1. The van der Waals surface area contributed by atoms with Gasteiger partial charge in [0.1, 0.15) is 5.56 Å². The average molecular weight is 465 g/mol. The molecule has 2 aromatic carbocycles. The zero-order chi connectivity index (χ0) is 24.1. The second-order valence-electron chi connectivity index (χ2n) is 7.54. The number of nitrogens with one attached hydrogen (secondary N) is 2. The summed E-state index contributed by atoms with van der Waals surface area (Å²) in [5, 5.41) is 5.76. The van der Waals surface area contributed by atoms with Crippen LogP contribution in [-0.2, 0) is 11.8 Å². The standard InChI is InChI=1S/C24H24N4O4S/c1-14-5-8-19(11-15(14)2)27-22(31)20-12-25-24(28(4)23(20)32)33-13-21(30)26-18-9-6-17(7-10-18)16(3)29/h5-12H,13H2,1-4H3,(H,26,30)(H,27,31). The number of nitrogens with zero attached hydrogens (tertiary/aromatic N) is 2. The molecule has 0 saturated carbocycles. The van der Waals surface area contributed by atoms with Gasteiger partial charge in [-0.15, -0.1) is 0 Å². The van der Waals surface area contributed by atoms with Crippen LogP contribution in [0.15, 0.2) is 58.6 Å². The number of aromatic nitrogens is 2.